The van der Waals surface area contributed by atoms with E-state index in [4.69, 9.17) is 0 Å². The van der Waals surface area contributed by atoms with Crippen LogP contribution in [0.5, 0.6) is 0 Å². The fourth-order valence-electron chi connectivity index (χ4n) is 1.43. The molecule has 0 spiro atoms. The average Bonchev–Trinajstić information content (AvgIpc) is 2.88. The Hall–Kier alpha value is -2.17. The van der Waals surface area contributed by atoms with Gasteiger partial charge in [-0.1, -0.05) is 0 Å². The molecule has 0 atom stereocenters. The van der Waals surface area contributed by atoms with Gasteiger partial charge in [0.15, 0.2) is 0 Å². The minimum absolute atomic E-state index is 0.608. The lowest BCUT2D eigenvalue weighted by molar-refractivity contribution is 0.943. The van der Waals surface area contributed by atoms with Gasteiger partial charge in [0.2, 0.25) is 0 Å². The molecule has 5 heteroatoms. The van der Waals surface area contributed by atoms with E-state index in [-0.39, 0.29) is 0 Å². The van der Waals surface area contributed by atoms with Gasteiger partial charge in [-0.3, -0.25) is 0 Å². The van der Waals surface area contributed by atoms with E-state index in [1.807, 2.05) is 24.4 Å². The van der Waals surface area contributed by atoms with E-state index in [1.54, 1.807) is 10.7 Å². The molecule has 0 fully saturated rings. The summed E-state index contributed by atoms with van der Waals surface area (Å²) < 4.78 is 1.70. The number of nitrogens with one attached hydrogen (secondary N) is 1. The molecule has 0 aliphatic rings. The molecule has 0 amide bonds. The van der Waals surface area contributed by atoms with Crippen LogP contribution in [0.1, 0.15) is 0 Å². The van der Waals surface area contributed by atoms with E-state index in [2.05, 4.69) is 20.1 Å². The molecule has 5 nitrogen and oxygen atoms in total. The van der Waals surface area contributed by atoms with Gasteiger partial charge in [0.25, 0.3) is 5.78 Å². The number of aromatic nitrogens is 5. The Morgan fingerprint density at radius 1 is 1.21 bits per heavy atom. The third-order valence-electron chi connectivity index (χ3n) is 2.05. The van der Waals surface area contributed by atoms with Gasteiger partial charge in [-0.15, -0.1) is 0 Å². The first kappa shape index (κ1) is 7.25. The lowest BCUT2D eigenvalue weighted by Crippen LogP contribution is -1.95. The SMILES string of the molecule is c1c[nH]c(-c2ccnc3ncnn23)c1. The van der Waals surface area contributed by atoms with Crippen molar-refractivity contribution in [2.45, 2.75) is 0 Å². The summed E-state index contributed by atoms with van der Waals surface area (Å²) in [5.74, 6) is 0.608. The molecule has 0 radical (unpaired) electrons. The van der Waals surface area contributed by atoms with Gasteiger partial charge in [0.05, 0.1) is 11.4 Å². The summed E-state index contributed by atoms with van der Waals surface area (Å²) in [5.41, 5.74) is 1.96. The van der Waals surface area contributed by atoms with Gasteiger partial charge >= 0.3 is 0 Å². The summed E-state index contributed by atoms with van der Waals surface area (Å²) in [4.78, 5) is 11.2. The van der Waals surface area contributed by atoms with Gasteiger partial charge in [0, 0.05) is 12.4 Å². The molecule has 3 aromatic heterocycles. The Labute approximate surface area is 79.4 Å². The van der Waals surface area contributed by atoms with Gasteiger partial charge in [0.1, 0.15) is 6.33 Å². The summed E-state index contributed by atoms with van der Waals surface area (Å²) in [5, 5.41) is 4.10. The van der Waals surface area contributed by atoms with Crippen molar-refractivity contribution in [3.8, 4) is 11.4 Å². The molecule has 0 aliphatic heterocycles. The van der Waals surface area contributed by atoms with E-state index >= 15 is 0 Å². The maximum Gasteiger partial charge on any atom is 0.252 e. The Morgan fingerprint density at radius 3 is 3.07 bits per heavy atom. The van der Waals surface area contributed by atoms with Crippen molar-refractivity contribution in [1.82, 2.24) is 24.6 Å². The maximum atomic E-state index is 4.10. The van der Waals surface area contributed by atoms with E-state index in [9.17, 15) is 0 Å². The third kappa shape index (κ3) is 0.922. The van der Waals surface area contributed by atoms with Crippen molar-refractivity contribution in [1.29, 1.82) is 0 Å². The van der Waals surface area contributed by atoms with Crippen LogP contribution in [0.4, 0.5) is 0 Å². The number of hydrogen-bond acceptors (Lipinski definition) is 3. The van der Waals surface area contributed by atoms with E-state index in [0.29, 0.717) is 5.78 Å². The summed E-state index contributed by atoms with van der Waals surface area (Å²) in [6.07, 6.45) is 5.09. The molecule has 14 heavy (non-hydrogen) atoms. The number of fused-ring (bicyclic) bond motifs is 1. The van der Waals surface area contributed by atoms with Crippen LogP contribution in [0.2, 0.25) is 0 Å². The molecule has 3 aromatic rings. The zero-order chi connectivity index (χ0) is 9.38. The molecule has 0 aliphatic carbocycles. The van der Waals surface area contributed by atoms with Crippen LogP contribution in [0, 0.1) is 0 Å². The number of hydrogen-bond donors (Lipinski definition) is 1. The Bertz CT molecular complexity index is 551. The molecular weight excluding hydrogens is 178 g/mol. The number of nitrogens with zero attached hydrogens (tertiary/aromatic N) is 4. The van der Waals surface area contributed by atoms with Crippen LogP contribution in [0.15, 0.2) is 36.9 Å². The zero-order valence-electron chi connectivity index (χ0n) is 7.25. The summed E-state index contributed by atoms with van der Waals surface area (Å²) in [6.45, 7) is 0. The standard InChI is InChI=1S/C9H7N5/c1-2-7(10-4-1)8-3-5-11-9-12-6-13-14(8)9/h1-6,10H. The topological polar surface area (TPSA) is 58.9 Å². The molecular formula is C9H7N5. The minimum Gasteiger partial charge on any atom is -0.360 e. The van der Waals surface area contributed by atoms with Gasteiger partial charge in [-0.25, -0.2) is 4.98 Å². The molecule has 0 saturated heterocycles. The van der Waals surface area contributed by atoms with Crippen molar-refractivity contribution < 1.29 is 0 Å². The van der Waals surface area contributed by atoms with E-state index in [0.717, 1.165) is 11.4 Å². The Balaban J connectivity index is 2.36. The van der Waals surface area contributed by atoms with Crippen molar-refractivity contribution in [2.24, 2.45) is 0 Å². The number of H-pyrrole nitrogens is 1. The predicted molar refractivity (Wildman–Crippen MR) is 50.6 cm³/mol. The van der Waals surface area contributed by atoms with Crippen LogP contribution in [0.3, 0.4) is 0 Å². The normalized spacial score (nSPS) is 10.9. The monoisotopic (exact) mass is 185 g/mol. The highest BCUT2D eigenvalue weighted by Crippen LogP contribution is 2.15. The quantitative estimate of drug-likeness (QED) is 0.618. The molecule has 3 heterocycles. The number of aromatic amines is 1. The number of rotatable bonds is 1. The van der Waals surface area contributed by atoms with Crippen molar-refractivity contribution in [3.05, 3.63) is 36.9 Å². The second kappa shape index (κ2) is 2.66. The van der Waals surface area contributed by atoms with Crippen LogP contribution < -0.4 is 0 Å². The summed E-state index contributed by atoms with van der Waals surface area (Å²) in [6, 6.07) is 5.82. The van der Waals surface area contributed by atoms with Gasteiger partial charge in [-0.05, 0) is 18.2 Å². The fourth-order valence-corrected chi connectivity index (χ4v) is 1.43. The molecule has 0 bridgehead atoms. The Kier molecular flexibility index (Phi) is 1.38. The second-order valence-corrected chi connectivity index (χ2v) is 2.89. The van der Waals surface area contributed by atoms with Crippen molar-refractivity contribution >= 4 is 5.78 Å². The molecule has 0 aromatic carbocycles. The first-order chi connectivity index (χ1) is 6.95. The Morgan fingerprint density at radius 2 is 2.21 bits per heavy atom. The zero-order valence-corrected chi connectivity index (χ0v) is 7.25. The molecule has 1 N–H and O–H groups in total. The van der Waals surface area contributed by atoms with Crippen LogP contribution in [-0.2, 0) is 0 Å². The molecule has 0 saturated carbocycles. The first-order valence-corrected chi connectivity index (χ1v) is 4.24. The van der Waals surface area contributed by atoms with Crippen LogP contribution >= 0.6 is 0 Å². The highest BCUT2D eigenvalue weighted by Gasteiger charge is 2.04. The van der Waals surface area contributed by atoms with Crippen LogP contribution in [-0.4, -0.2) is 24.6 Å². The van der Waals surface area contributed by atoms with Gasteiger partial charge < -0.3 is 4.98 Å². The van der Waals surface area contributed by atoms with E-state index in [1.165, 1.54) is 6.33 Å². The molecule has 68 valence electrons. The summed E-state index contributed by atoms with van der Waals surface area (Å²) >= 11 is 0. The smallest absolute Gasteiger partial charge is 0.252 e. The van der Waals surface area contributed by atoms with E-state index < -0.39 is 0 Å². The fraction of sp³-hybridized carbons (Fsp3) is 0. The second-order valence-electron chi connectivity index (χ2n) is 2.89. The van der Waals surface area contributed by atoms with Crippen molar-refractivity contribution in [2.75, 3.05) is 0 Å². The van der Waals surface area contributed by atoms with Gasteiger partial charge in [-0.2, -0.15) is 14.6 Å². The predicted octanol–water partition coefficient (Wildman–Crippen LogP) is 1.12. The highest BCUT2D eigenvalue weighted by atomic mass is 15.3. The minimum atomic E-state index is 0.608. The first-order valence-electron chi connectivity index (χ1n) is 4.24. The van der Waals surface area contributed by atoms with Crippen LogP contribution in [0.25, 0.3) is 17.2 Å². The van der Waals surface area contributed by atoms with Crippen molar-refractivity contribution in [3.63, 3.8) is 0 Å². The molecule has 3 rings (SSSR count). The maximum absolute atomic E-state index is 4.10. The lowest BCUT2D eigenvalue weighted by Gasteiger charge is -1.99. The lowest BCUT2D eigenvalue weighted by atomic mass is 10.3. The highest BCUT2D eigenvalue weighted by molar-refractivity contribution is 5.56. The molecule has 0 unspecified atom stereocenters. The third-order valence-corrected chi connectivity index (χ3v) is 2.05. The largest absolute Gasteiger partial charge is 0.360 e. The summed E-state index contributed by atoms with van der Waals surface area (Å²) in [7, 11) is 0. The average molecular weight is 185 g/mol.